The Morgan fingerprint density at radius 2 is 2.33 bits per heavy atom. The van der Waals surface area contributed by atoms with Crippen molar-refractivity contribution in [2.75, 3.05) is 0 Å². The highest BCUT2D eigenvalue weighted by Crippen LogP contribution is 2.15. The number of nitrogens with one attached hydrogen (secondary N) is 1. The Hall–Kier alpha value is -1.51. The van der Waals surface area contributed by atoms with Crippen molar-refractivity contribution in [3.63, 3.8) is 0 Å². The average molecular weight is 163 g/mol. The summed E-state index contributed by atoms with van der Waals surface area (Å²) in [6.45, 7) is 2.03. The van der Waals surface area contributed by atoms with Crippen molar-refractivity contribution in [2.24, 2.45) is 0 Å². The highest BCUT2D eigenvalue weighted by molar-refractivity contribution is 5.75. The topological polar surface area (TPSA) is 46.0 Å². The number of hydrogen-bond donors (Lipinski definition) is 1. The molecule has 1 N–H and O–H groups in total. The van der Waals surface area contributed by atoms with Gasteiger partial charge in [0.05, 0.1) is 5.52 Å². The van der Waals surface area contributed by atoms with E-state index in [-0.39, 0.29) is 5.76 Å². The third-order valence-corrected chi connectivity index (χ3v) is 1.91. The summed E-state index contributed by atoms with van der Waals surface area (Å²) in [5.74, 6) is -0.383. The molecular formula is C9H9NO2. The first-order valence-electron chi connectivity index (χ1n) is 3.92. The summed E-state index contributed by atoms with van der Waals surface area (Å²) < 4.78 is 4.98. The van der Waals surface area contributed by atoms with Crippen LogP contribution in [0.4, 0.5) is 0 Å². The lowest BCUT2D eigenvalue weighted by molar-refractivity contribution is 0.552. The van der Waals surface area contributed by atoms with Gasteiger partial charge in [0.2, 0.25) is 0 Å². The van der Waals surface area contributed by atoms with Crippen LogP contribution >= 0.6 is 0 Å². The summed E-state index contributed by atoms with van der Waals surface area (Å²) in [5.41, 5.74) is 2.52. The Balaban J connectivity index is 2.87. The van der Waals surface area contributed by atoms with Gasteiger partial charge in [0.15, 0.2) is 5.58 Å². The van der Waals surface area contributed by atoms with E-state index in [2.05, 4.69) is 4.98 Å². The summed E-state index contributed by atoms with van der Waals surface area (Å²) in [6.07, 6.45) is 0.873. The fourth-order valence-electron chi connectivity index (χ4n) is 1.31. The van der Waals surface area contributed by atoms with Gasteiger partial charge in [-0.25, -0.2) is 4.79 Å². The minimum absolute atomic E-state index is 0.383. The fraction of sp³-hybridized carbons (Fsp3) is 0.222. The molecule has 12 heavy (non-hydrogen) atoms. The van der Waals surface area contributed by atoms with Gasteiger partial charge in [0, 0.05) is 0 Å². The molecule has 0 saturated heterocycles. The van der Waals surface area contributed by atoms with Gasteiger partial charge in [-0.3, -0.25) is 4.98 Å². The normalized spacial score (nSPS) is 10.8. The number of rotatable bonds is 1. The van der Waals surface area contributed by atoms with E-state index in [0.29, 0.717) is 5.58 Å². The molecule has 0 spiro atoms. The Morgan fingerprint density at radius 3 is 3.08 bits per heavy atom. The first-order valence-corrected chi connectivity index (χ1v) is 3.92. The lowest BCUT2D eigenvalue weighted by Crippen LogP contribution is -1.92. The van der Waals surface area contributed by atoms with Gasteiger partial charge in [-0.1, -0.05) is 19.1 Å². The fourth-order valence-corrected chi connectivity index (χ4v) is 1.31. The summed E-state index contributed by atoms with van der Waals surface area (Å²) in [7, 11) is 0. The van der Waals surface area contributed by atoms with Crippen molar-refractivity contribution < 1.29 is 4.42 Å². The van der Waals surface area contributed by atoms with Crippen molar-refractivity contribution in [1.29, 1.82) is 0 Å². The molecule has 2 aromatic rings. The molecular weight excluding hydrogens is 154 g/mol. The number of H-pyrrole nitrogens is 1. The number of benzene rings is 1. The summed E-state index contributed by atoms with van der Waals surface area (Å²) in [5, 5.41) is 0. The molecule has 0 aliphatic heterocycles. The zero-order valence-electron chi connectivity index (χ0n) is 6.76. The molecule has 3 nitrogen and oxygen atoms in total. The van der Waals surface area contributed by atoms with Crippen LogP contribution < -0.4 is 5.76 Å². The molecule has 0 fully saturated rings. The Labute approximate surface area is 69.0 Å². The molecule has 0 aliphatic rings. The lowest BCUT2D eigenvalue weighted by Gasteiger charge is -1.94. The summed E-state index contributed by atoms with van der Waals surface area (Å²) in [4.78, 5) is 13.4. The van der Waals surface area contributed by atoms with E-state index in [1.165, 1.54) is 0 Å². The van der Waals surface area contributed by atoms with Crippen molar-refractivity contribution in [2.45, 2.75) is 13.3 Å². The molecule has 62 valence electrons. The van der Waals surface area contributed by atoms with Crippen LogP contribution in [0.15, 0.2) is 27.4 Å². The molecule has 1 aromatic carbocycles. The average Bonchev–Trinajstić information content (AvgIpc) is 2.44. The molecule has 2 rings (SSSR count). The van der Waals surface area contributed by atoms with E-state index in [9.17, 15) is 4.79 Å². The minimum atomic E-state index is -0.383. The number of oxazole rings is 1. The van der Waals surface area contributed by atoms with E-state index in [4.69, 9.17) is 4.42 Å². The smallest absolute Gasteiger partial charge is 0.408 e. The van der Waals surface area contributed by atoms with Crippen LogP contribution in [0.3, 0.4) is 0 Å². The Kier molecular flexibility index (Phi) is 1.50. The monoisotopic (exact) mass is 163 g/mol. The number of fused-ring (bicyclic) bond motifs is 1. The van der Waals surface area contributed by atoms with E-state index >= 15 is 0 Å². The van der Waals surface area contributed by atoms with Crippen LogP contribution in [0.25, 0.3) is 11.1 Å². The summed E-state index contributed by atoms with van der Waals surface area (Å²) in [6, 6.07) is 5.70. The van der Waals surface area contributed by atoms with E-state index in [1.54, 1.807) is 0 Å². The van der Waals surface area contributed by atoms with Crippen molar-refractivity contribution in [3.8, 4) is 0 Å². The molecule has 0 aliphatic carbocycles. The molecule has 0 bridgehead atoms. The molecule has 1 aromatic heterocycles. The predicted octanol–water partition coefficient (Wildman–Crippen LogP) is 1.68. The quantitative estimate of drug-likeness (QED) is 0.695. The van der Waals surface area contributed by atoms with Crippen LogP contribution in [-0.4, -0.2) is 4.98 Å². The SMILES string of the molecule is CCc1cccc2[nH]c(=O)oc12. The number of aryl methyl sites for hydroxylation is 1. The van der Waals surface area contributed by atoms with E-state index in [0.717, 1.165) is 17.5 Å². The maximum atomic E-state index is 10.8. The zero-order valence-corrected chi connectivity index (χ0v) is 6.76. The molecule has 0 radical (unpaired) electrons. The third kappa shape index (κ3) is 0.942. The van der Waals surface area contributed by atoms with Crippen LogP contribution in [0.5, 0.6) is 0 Å². The van der Waals surface area contributed by atoms with Gasteiger partial charge in [-0.05, 0) is 18.1 Å². The molecule has 0 saturated carbocycles. The second-order valence-corrected chi connectivity index (χ2v) is 2.66. The molecule has 0 atom stereocenters. The van der Waals surface area contributed by atoms with Crippen LogP contribution in [0.1, 0.15) is 12.5 Å². The van der Waals surface area contributed by atoms with E-state index in [1.807, 2.05) is 25.1 Å². The van der Waals surface area contributed by atoms with Gasteiger partial charge in [-0.2, -0.15) is 0 Å². The lowest BCUT2D eigenvalue weighted by atomic mass is 10.1. The number of aromatic amines is 1. The maximum Gasteiger partial charge on any atom is 0.417 e. The number of aromatic nitrogens is 1. The molecule has 3 heteroatoms. The van der Waals surface area contributed by atoms with Gasteiger partial charge >= 0.3 is 5.76 Å². The Bertz CT molecular complexity index is 453. The maximum absolute atomic E-state index is 10.8. The van der Waals surface area contributed by atoms with Gasteiger partial charge in [0.25, 0.3) is 0 Å². The van der Waals surface area contributed by atoms with Crippen LogP contribution in [0, 0.1) is 0 Å². The van der Waals surface area contributed by atoms with Crippen LogP contribution in [0.2, 0.25) is 0 Å². The predicted molar refractivity (Wildman–Crippen MR) is 46.2 cm³/mol. The number of para-hydroxylation sites is 1. The first-order chi connectivity index (χ1) is 5.81. The van der Waals surface area contributed by atoms with Gasteiger partial charge in [-0.15, -0.1) is 0 Å². The highest BCUT2D eigenvalue weighted by atomic mass is 16.4. The summed E-state index contributed by atoms with van der Waals surface area (Å²) >= 11 is 0. The van der Waals surface area contributed by atoms with Crippen LogP contribution in [-0.2, 0) is 6.42 Å². The number of hydrogen-bond acceptors (Lipinski definition) is 2. The van der Waals surface area contributed by atoms with Crippen molar-refractivity contribution in [3.05, 3.63) is 34.3 Å². The molecule has 0 unspecified atom stereocenters. The first kappa shape index (κ1) is 7.16. The second kappa shape index (κ2) is 2.52. The minimum Gasteiger partial charge on any atom is -0.408 e. The van der Waals surface area contributed by atoms with Gasteiger partial charge < -0.3 is 4.42 Å². The van der Waals surface area contributed by atoms with Gasteiger partial charge in [0.1, 0.15) is 0 Å². The zero-order chi connectivity index (χ0) is 8.55. The molecule has 0 amide bonds. The second-order valence-electron chi connectivity index (χ2n) is 2.66. The largest absolute Gasteiger partial charge is 0.417 e. The van der Waals surface area contributed by atoms with Crippen molar-refractivity contribution in [1.82, 2.24) is 4.98 Å². The molecule has 1 heterocycles. The van der Waals surface area contributed by atoms with Crippen molar-refractivity contribution >= 4 is 11.1 Å². The highest BCUT2D eigenvalue weighted by Gasteiger charge is 2.03. The van der Waals surface area contributed by atoms with E-state index < -0.39 is 0 Å². The Morgan fingerprint density at radius 1 is 1.50 bits per heavy atom. The standard InChI is InChI=1S/C9H9NO2/c1-2-6-4-3-5-7-8(6)12-9(11)10-7/h3-5H,2H2,1H3,(H,10,11). The third-order valence-electron chi connectivity index (χ3n) is 1.91.